The SMILES string of the molecule is O=C(Nc1ccc(F)cc1)c1cc(NC(=O)C2[C@H](c3ccc(Cl)c(Cl)c3)C2(Cl)Cl)ccc1Cl. The monoisotopic (exact) mass is 544 g/mol. The molecule has 3 aromatic carbocycles. The lowest BCUT2D eigenvalue weighted by atomic mass is 10.1. The van der Waals surface area contributed by atoms with Crippen molar-refractivity contribution in [2.75, 3.05) is 10.6 Å². The molecule has 0 spiro atoms. The molecule has 10 heteroatoms. The van der Waals surface area contributed by atoms with Gasteiger partial charge in [0.25, 0.3) is 5.91 Å². The van der Waals surface area contributed by atoms with E-state index in [4.69, 9.17) is 58.0 Å². The first-order valence-electron chi connectivity index (χ1n) is 9.58. The number of carbonyl (C=O) groups is 2. The molecule has 0 bridgehead atoms. The molecule has 4 nitrogen and oxygen atoms in total. The number of carbonyl (C=O) groups excluding carboxylic acids is 2. The topological polar surface area (TPSA) is 58.2 Å². The van der Waals surface area contributed by atoms with E-state index in [1.54, 1.807) is 24.3 Å². The van der Waals surface area contributed by atoms with E-state index < -0.39 is 33.8 Å². The number of halogens is 6. The third-order valence-electron chi connectivity index (χ3n) is 5.22. The predicted molar refractivity (Wildman–Crippen MR) is 132 cm³/mol. The van der Waals surface area contributed by atoms with Gasteiger partial charge in [-0.05, 0) is 60.2 Å². The van der Waals surface area contributed by atoms with E-state index in [0.29, 0.717) is 27.0 Å². The van der Waals surface area contributed by atoms with Gasteiger partial charge in [0.15, 0.2) is 0 Å². The number of rotatable bonds is 5. The molecule has 2 N–H and O–H groups in total. The number of anilines is 2. The van der Waals surface area contributed by atoms with Gasteiger partial charge in [0.1, 0.15) is 10.2 Å². The van der Waals surface area contributed by atoms with Crippen molar-refractivity contribution in [1.82, 2.24) is 0 Å². The number of nitrogens with one attached hydrogen (secondary N) is 2. The van der Waals surface area contributed by atoms with Gasteiger partial charge in [-0.3, -0.25) is 9.59 Å². The van der Waals surface area contributed by atoms with Crippen LogP contribution in [0.1, 0.15) is 21.8 Å². The summed E-state index contributed by atoms with van der Waals surface area (Å²) in [6, 6.07) is 14.7. The Morgan fingerprint density at radius 2 is 1.42 bits per heavy atom. The van der Waals surface area contributed by atoms with Crippen LogP contribution in [-0.4, -0.2) is 16.1 Å². The van der Waals surface area contributed by atoms with Gasteiger partial charge in [0, 0.05) is 17.3 Å². The molecule has 0 saturated heterocycles. The minimum absolute atomic E-state index is 0.124. The van der Waals surface area contributed by atoms with Crippen molar-refractivity contribution in [1.29, 1.82) is 0 Å². The maximum absolute atomic E-state index is 13.1. The van der Waals surface area contributed by atoms with Gasteiger partial charge >= 0.3 is 0 Å². The molecule has 3 aromatic rings. The van der Waals surface area contributed by atoms with Crippen LogP contribution in [-0.2, 0) is 4.79 Å². The van der Waals surface area contributed by atoms with Crippen LogP contribution in [0.5, 0.6) is 0 Å². The van der Waals surface area contributed by atoms with E-state index in [9.17, 15) is 14.0 Å². The molecule has 0 heterocycles. The molecule has 1 saturated carbocycles. The molecular weight excluding hydrogens is 533 g/mol. The zero-order valence-electron chi connectivity index (χ0n) is 16.5. The van der Waals surface area contributed by atoms with Crippen molar-refractivity contribution >= 4 is 81.2 Å². The van der Waals surface area contributed by atoms with Crippen molar-refractivity contribution in [3.8, 4) is 0 Å². The average molecular weight is 547 g/mol. The molecule has 0 aliphatic heterocycles. The fourth-order valence-corrected chi connectivity index (χ4v) is 4.84. The van der Waals surface area contributed by atoms with Crippen molar-refractivity contribution in [3.05, 3.63) is 92.7 Å². The summed E-state index contributed by atoms with van der Waals surface area (Å²) in [6.45, 7) is 0. The molecule has 1 aliphatic carbocycles. The molecule has 2 amide bonds. The minimum Gasteiger partial charge on any atom is -0.326 e. The Hall–Kier alpha value is -2.02. The first kappa shape index (κ1) is 24.1. The Bertz CT molecular complexity index is 1250. The highest BCUT2D eigenvalue weighted by molar-refractivity contribution is 6.53. The summed E-state index contributed by atoms with van der Waals surface area (Å²) in [6.07, 6.45) is 0. The van der Waals surface area contributed by atoms with Gasteiger partial charge in [-0.25, -0.2) is 4.39 Å². The van der Waals surface area contributed by atoms with Gasteiger partial charge in [-0.2, -0.15) is 0 Å². The third-order valence-corrected chi connectivity index (χ3v) is 7.23. The Labute approximate surface area is 213 Å². The van der Waals surface area contributed by atoms with E-state index in [2.05, 4.69) is 10.6 Å². The Morgan fingerprint density at radius 3 is 2.09 bits per heavy atom. The van der Waals surface area contributed by atoms with Gasteiger partial charge in [-0.1, -0.05) is 40.9 Å². The predicted octanol–water partition coefficient (Wildman–Crippen LogP) is 7.56. The average Bonchev–Trinajstić information content (AvgIpc) is 3.35. The minimum atomic E-state index is -1.32. The maximum Gasteiger partial charge on any atom is 0.257 e. The highest BCUT2D eigenvalue weighted by Crippen LogP contribution is 2.65. The Balaban J connectivity index is 1.50. The summed E-state index contributed by atoms with van der Waals surface area (Å²) in [7, 11) is 0. The van der Waals surface area contributed by atoms with Crippen LogP contribution in [0, 0.1) is 11.7 Å². The highest BCUT2D eigenvalue weighted by Gasteiger charge is 2.67. The number of hydrogen-bond donors (Lipinski definition) is 2. The summed E-state index contributed by atoms with van der Waals surface area (Å²) in [5.74, 6) is -2.60. The highest BCUT2D eigenvalue weighted by atomic mass is 35.5. The lowest BCUT2D eigenvalue weighted by Crippen LogP contribution is -2.18. The van der Waals surface area contributed by atoms with Crippen LogP contribution in [0.3, 0.4) is 0 Å². The number of amides is 2. The van der Waals surface area contributed by atoms with Crippen LogP contribution in [0.4, 0.5) is 15.8 Å². The molecule has 4 rings (SSSR count). The first-order chi connectivity index (χ1) is 15.6. The molecule has 2 atom stereocenters. The fraction of sp³-hybridized carbons (Fsp3) is 0.130. The third kappa shape index (κ3) is 5.08. The van der Waals surface area contributed by atoms with Crippen LogP contribution in [0.2, 0.25) is 15.1 Å². The quantitative estimate of drug-likeness (QED) is 0.325. The summed E-state index contributed by atoms with van der Waals surface area (Å²) >= 11 is 31.0. The van der Waals surface area contributed by atoms with Crippen LogP contribution >= 0.6 is 58.0 Å². The lowest BCUT2D eigenvalue weighted by Gasteiger charge is -2.10. The van der Waals surface area contributed by atoms with Crippen LogP contribution in [0.25, 0.3) is 0 Å². The van der Waals surface area contributed by atoms with E-state index in [0.717, 1.165) is 0 Å². The lowest BCUT2D eigenvalue weighted by molar-refractivity contribution is -0.117. The molecule has 1 aliphatic rings. The number of benzene rings is 3. The summed E-state index contributed by atoms with van der Waals surface area (Å²) in [4.78, 5) is 25.5. The molecule has 170 valence electrons. The summed E-state index contributed by atoms with van der Waals surface area (Å²) < 4.78 is 11.8. The summed E-state index contributed by atoms with van der Waals surface area (Å²) in [5, 5.41) is 6.24. The van der Waals surface area contributed by atoms with Crippen LogP contribution < -0.4 is 10.6 Å². The Morgan fingerprint density at radius 1 is 0.788 bits per heavy atom. The zero-order chi connectivity index (χ0) is 23.9. The molecule has 1 unspecified atom stereocenters. The Kier molecular flexibility index (Phi) is 6.81. The fourth-order valence-electron chi connectivity index (χ4n) is 3.50. The molecular formula is C23H14Cl5FN2O2. The van der Waals surface area contributed by atoms with E-state index >= 15 is 0 Å². The first-order valence-corrected chi connectivity index (χ1v) is 11.5. The maximum atomic E-state index is 13.1. The molecule has 1 fully saturated rings. The van der Waals surface area contributed by atoms with Crippen molar-refractivity contribution < 1.29 is 14.0 Å². The zero-order valence-corrected chi connectivity index (χ0v) is 20.3. The number of alkyl halides is 2. The number of hydrogen-bond acceptors (Lipinski definition) is 2. The van der Waals surface area contributed by atoms with E-state index in [-0.39, 0.29) is 10.6 Å². The smallest absolute Gasteiger partial charge is 0.257 e. The van der Waals surface area contributed by atoms with Crippen molar-refractivity contribution in [2.24, 2.45) is 5.92 Å². The summed E-state index contributed by atoms with van der Waals surface area (Å²) in [5.41, 5.74) is 1.53. The molecule has 0 aromatic heterocycles. The normalized spacial score (nSPS) is 18.5. The second-order valence-corrected chi connectivity index (χ2v) is 10.1. The van der Waals surface area contributed by atoms with Gasteiger partial charge in [-0.15, -0.1) is 23.2 Å². The standard InChI is InChI=1S/C23H14Cl5FN2O2/c24-16-8-6-14(10-15(16)21(32)30-13-4-2-12(29)3-5-13)31-22(33)20-19(23(20,27)28)11-1-7-17(25)18(26)9-11/h1-10,19-20H,(H,30,32)(H,31,33)/t19-,20?/m0/s1. The van der Waals surface area contributed by atoms with Gasteiger partial charge in [0.05, 0.1) is 26.5 Å². The molecule has 33 heavy (non-hydrogen) atoms. The van der Waals surface area contributed by atoms with E-state index in [1.807, 2.05) is 0 Å². The van der Waals surface area contributed by atoms with Gasteiger partial charge in [0.2, 0.25) is 5.91 Å². The molecule has 0 radical (unpaired) electrons. The van der Waals surface area contributed by atoms with Gasteiger partial charge < -0.3 is 10.6 Å². The largest absolute Gasteiger partial charge is 0.326 e. The van der Waals surface area contributed by atoms with Crippen molar-refractivity contribution in [3.63, 3.8) is 0 Å². The van der Waals surface area contributed by atoms with Crippen LogP contribution in [0.15, 0.2) is 60.7 Å². The van der Waals surface area contributed by atoms with Crippen molar-refractivity contribution in [2.45, 2.75) is 10.3 Å². The van der Waals surface area contributed by atoms with E-state index in [1.165, 1.54) is 36.4 Å². The second kappa shape index (κ2) is 9.32. The second-order valence-electron chi connectivity index (χ2n) is 7.45.